The quantitative estimate of drug-likeness (QED) is 0.502. The maximum Gasteiger partial charge on any atom is 0.131 e. The van der Waals surface area contributed by atoms with Crippen molar-refractivity contribution in [1.82, 2.24) is 4.98 Å². The molecule has 3 rings (SSSR count). The summed E-state index contributed by atoms with van der Waals surface area (Å²) in [4.78, 5) is 4.28. The fourth-order valence-electron chi connectivity index (χ4n) is 1.87. The van der Waals surface area contributed by atoms with Gasteiger partial charge in [-0.15, -0.1) is 0 Å². The molecule has 0 aliphatic rings. The summed E-state index contributed by atoms with van der Waals surface area (Å²) in [5.41, 5.74) is 0.856. The molecule has 2 aromatic carbocycles. The summed E-state index contributed by atoms with van der Waals surface area (Å²) >= 11 is 0. The van der Waals surface area contributed by atoms with Gasteiger partial charge >= 0.3 is 0 Å². The Balaban J connectivity index is 2.64. The van der Waals surface area contributed by atoms with Gasteiger partial charge in [0.2, 0.25) is 0 Å². The SMILES string of the molecule is Fc1cc2cccnc2c2ccccc12. The Morgan fingerprint density at radius 2 is 1.73 bits per heavy atom. The minimum atomic E-state index is -0.189. The maximum atomic E-state index is 13.7. The van der Waals surface area contributed by atoms with Crippen LogP contribution in [0.3, 0.4) is 0 Å². The third-order valence-electron chi connectivity index (χ3n) is 2.56. The first-order valence-corrected chi connectivity index (χ1v) is 4.78. The van der Waals surface area contributed by atoms with Gasteiger partial charge in [-0.1, -0.05) is 30.3 Å². The predicted molar refractivity (Wildman–Crippen MR) is 59.2 cm³/mol. The Morgan fingerprint density at radius 3 is 2.60 bits per heavy atom. The summed E-state index contributed by atoms with van der Waals surface area (Å²) in [5, 5.41) is 2.34. The van der Waals surface area contributed by atoms with E-state index in [2.05, 4.69) is 4.98 Å². The van der Waals surface area contributed by atoms with Crippen LogP contribution in [0.15, 0.2) is 48.7 Å². The molecular weight excluding hydrogens is 189 g/mol. The molecule has 2 heteroatoms. The van der Waals surface area contributed by atoms with E-state index in [1.54, 1.807) is 12.3 Å². The van der Waals surface area contributed by atoms with Crippen molar-refractivity contribution in [3.8, 4) is 0 Å². The lowest BCUT2D eigenvalue weighted by Crippen LogP contribution is -1.84. The van der Waals surface area contributed by atoms with Crippen molar-refractivity contribution in [2.45, 2.75) is 0 Å². The number of rotatable bonds is 0. The van der Waals surface area contributed by atoms with Gasteiger partial charge in [-0.05, 0) is 12.1 Å². The normalized spacial score (nSPS) is 11.0. The molecule has 0 N–H and O–H groups in total. The fraction of sp³-hybridized carbons (Fsp3) is 0. The smallest absolute Gasteiger partial charge is 0.131 e. The summed E-state index contributed by atoms with van der Waals surface area (Å²) in [5.74, 6) is -0.189. The number of aromatic nitrogens is 1. The molecule has 3 aromatic rings. The molecule has 0 spiro atoms. The number of pyridine rings is 1. The van der Waals surface area contributed by atoms with Crippen LogP contribution in [0.5, 0.6) is 0 Å². The molecule has 0 aliphatic heterocycles. The minimum Gasteiger partial charge on any atom is -0.256 e. The zero-order valence-electron chi connectivity index (χ0n) is 7.94. The van der Waals surface area contributed by atoms with E-state index in [9.17, 15) is 4.39 Å². The van der Waals surface area contributed by atoms with Crippen molar-refractivity contribution in [3.63, 3.8) is 0 Å². The number of benzene rings is 2. The van der Waals surface area contributed by atoms with Crippen LogP contribution in [0.25, 0.3) is 21.7 Å². The number of fused-ring (bicyclic) bond motifs is 3. The monoisotopic (exact) mass is 197 g/mol. The Labute approximate surface area is 86.2 Å². The van der Waals surface area contributed by atoms with Gasteiger partial charge in [-0.3, -0.25) is 4.98 Å². The van der Waals surface area contributed by atoms with Crippen LogP contribution in [0.4, 0.5) is 4.39 Å². The van der Waals surface area contributed by atoms with Gasteiger partial charge in [-0.25, -0.2) is 4.39 Å². The Morgan fingerprint density at radius 1 is 0.933 bits per heavy atom. The molecule has 0 fully saturated rings. The summed E-state index contributed by atoms with van der Waals surface area (Å²) in [7, 11) is 0. The van der Waals surface area contributed by atoms with Gasteiger partial charge in [-0.2, -0.15) is 0 Å². The second-order valence-corrected chi connectivity index (χ2v) is 3.48. The topological polar surface area (TPSA) is 12.9 Å². The molecule has 0 bridgehead atoms. The molecule has 0 unspecified atom stereocenters. The van der Waals surface area contributed by atoms with Crippen LogP contribution < -0.4 is 0 Å². The van der Waals surface area contributed by atoms with Crippen LogP contribution >= 0.6 is 0 Å². The third-order valence-corrected chi connectivity index (χ3v) is 2.56. The van der Waals surface area contributed by atoms with Crippen molar-refractivity contribution in [2.75, 3.05) is 0 Å². The number of halogens is 1. The molecule has 0 radical (unpaired) electrons. The highest BCUT2D eigenvalue weighted by Crippen LogP contribution is 2.25. The Bertz CT molecular complexity index is 646. The minimum absolute atomic E-state index is 0.189. The van der Waals surface area contributed by atoms with Crippen molar-refractivity contribution >= 4 is 21.7 Å². The molecule has 0 saturated carbocycles. The van der Waals surface area contributed by atoms with Gasteiger partial charge < -0.3 is 0 Å². The van der Waals surface area contributed by atoms with Gasteiger partial charge in [0.15, 0.2) is 0 Å². The van der Waals surface area contributed by atoms with Crippen molar-refractivity contribution < 1.29 is 4.39 Å². The number of hydrogen-bond donors (Lipinski definition) is 0. The maximum absolute atomic E-state index is 13.7. The van der Waals surface area contributed by atoms with E-state index in [4.69, 9.17) is 0 Å². The molecule has 72 valence electrons. The summed E-state index contributed by atoms with van der Waals surface area (Å²) in [6.45, 7) is 0. The van der Waals surface area contributed by atoms with Gasteiger partial charge in [0, 0.05) is 22.4 Å². The third kappa shape index (κ3) is 1.18. The lowest BCUT2D eigenvalue weighted by Gasteiger charge is -2.03. The molecule has 0 amide bonds. The van der Waals surface area contributed by atoms with E-state index in [0.717, 1.165) is 16.3 Å². The zero-order valence-corrected chi connectivity index (χ0v) is 7.94. The highest BCUT2D eigenvalue weighted by molar-refractivity contribution is 6.05. The van der Waals surface area contributed by atoms with E-state index < -0.39 is 0 Å². The van der Waals surface area contributed by atoms with Crippen LogP contribution in [0, 0.1) is 5.82 Å². The van der Waals surface area contributed by atoms with Gasteiger partial charge in [0.05, 0.1) is 5.52 Å². The van der Waals surface area contributed by atoms with E-state index >= 15 is 0 Å². The second kappa shape index (κ2) is 3.02. The molecule has 15 heavy (non-hydrogen) atoms. The molecular formula is C13H8FN. The molecule has 1 heterocycles. The zero-order chi connectivity index (χ0) is 10.3. The fourth-order valence-corrected chi connectivity index (χ4v) is 1.87. The average molecular weight is 197 g/mol. The van der Waals surface area contributed by atoms with Gasteiger partial charge in [0.1, 0.15) is 5.82 Å². The second-order valence-electron chi connectivity index (χ2n) is 3.48. The predicted octanol–water partition coefficient (Wildman–Crippen LogP) is 3.53. The van der Waals surface area contributed by atoms with E-state index in [1.807, 2.05) is 30.3 Å². The Kier molecular flexibility index (Phi) is 1.68. The van der Waals surface area contributed by atoms with Crippen molar-refractivity contribution in [3.05, 3.63) is 54.5 Å². The highest BCUT2D eigenvalue weighted by atomic mass is 19.1. The molecule has 1 nitrogen and oxygen atoms in total. The largest absolute Gasteiger partial charge is 0.256 e. The first-order valence-electron chi connectivity index (χ1n) is 4.78. The first-order chi connectivity index (χ1) is 7.36. The average Bonchev–Trinajstić information content (AvgIpc) is 2.30. The number of hydrogen-bond acceptors (Lipinski definition) is 1. The first kappa shape index (κ1) is 8.36. The standard InChI is InChI=1S/C13H8FN/c14-12-8-9-4-3-7-15-13(9)11-6-2-1-5-10(11)12/h1-8H. The summed E-state index contributed by atoms with van der Waals surface area (Å²) in [6, 6.07) is 12.6. The molecule has 0 saturated heterocycles. The Hall–Kier alpha value is -1.96. The van der Waals surface area contributed by atoms with Crippen molar-refractivity contribution in [1.29, 1.82) is 0 Å². The van der Waals surface area contributed by atoms with E-state index in [-0.39, 0.29) is 5.82 Å². The van der Waals surface area contributed by atoms with Gasteiger partial charge in [0.25, 0.3) is 0 Å². The number of nitrogens with zero attached hydrogens (tertiary/aromatic N) is 1. The summed E-state index contributed by atoms with van der Waals surface area (Å²) < 4.78 is 13.7. The van der Waals surface area contributed by atoms with Crippen LogP contribution in [0.2, 0.25) is 0 Å². The van der Waals surface area contributed by atoms with Crippen LogP contribution in [0.1, 0.15) is 0 Å². The summed E-state index contributed by atoms with van der Waals surface area (Å²) in [6.07, 6.45) is 1.73. The van der Waals surface area contributed by atoms with E-state index in [0.29, 0.717) is 5.39 Å². The lowest BCUT2D eigenvalue weighted by atomic mass is 10.1. The molecule has 1 aromatic heterocycles. The lowest BCUT2D eigenvalue weighted by molar-refractivity contribution is 0.641. The van der Waals surface area contributed by atoms with Crippen molar-refractivity contribution in [2.24, 2.45) is 0 Å². The van der Waals surface area contributed by atoms with Crippen LogP contribution in [-0.2, 0) is 0 Å². The highest BCUT2D eigenvalue weighted by Gasteiger charge is 2.05. The van der Waals surface area contributed by atoms with Crippen LogP contribution in [-0.4, -0.2) is 4.98 Å². The van der Waals surface area contributed by atoms with E-state index in [1.165, 1.54) is 6.07 Å². The molecule has 0 aliphatic carbocycles. The molecule has 0 atom stereocenters.